The second kappa shape index (κ2) is 5.24. The molecule has 0 aliphatic rings. The molecule has 0 aliphatic carbocycles. The first-order chi connectivity index (χ1) is 7.56. The predicted molar refractivity (Wildman–Crippen MR) is 54.8 cm³/mol. The molecule has 7 nitrogen and oxygen atoms in total. The average Bonchev–Trinajstić information content (AvgIpc) is 2.77. The van der Waals surface area contributed by atoms with Crippen LogP contribution in [0.15, 0.2) is 6.33 Å². The zero-order chi connectivity index (χ0) is 12.1. The standard InChI is InChI=1S/C9H14N4O3/c1-3-13(4-6(2)9(15)16)8(14)7-10-5-11-12-7/h5-6H,3-4H2,1-2H3,(H,15,16)(H,10,11,12). The van der Waals surface area contributed by atoms with Crippen LogP contribution in [-0.4, -0.2) is 50.2 Å². The number of aromatic nitrogens is 3. The van der Waals surface area contributed by atoms with E-state index in [1.165, 1.54) is 11.2 Å². The van der Waals surface area contributed by atoms with Gasteiger partial charge >= 0.3 is 5.97 Å². The first-order valence-corrected chi connectivity index (χ1v) is 4.93. The molecule has 1 unspecified atom stereocenters. The van der Waals surface area contributed by atoms with Gasteiger partial charge in [-0.2, -0.15) is 5.10 Å². The average molecular weight is 226 g/mol. The van der Waals surface area contributed by atoms with Crippen LogP contribution in [0.25, 0.3) is 0 Å². The lowest BCUT2D eigenvalue weighted by atomic mass is 10.1. The van der Waals surface area contributed by atoms with Gasteiger partial charge in [-0.1, -0.05) is 6.92 Å². The molecular formula is C9H14N4O3. The summed E-state index contributed by atoms with van der Waals surface area (Å²) in [6.07, 6.45) is 1.24. The summed E-state index contributed by atoms with van der Waals surface area (Å²) < 4.78 is 0. The summed E-state index contributed by atoms with van der Waals surface area (Å²) in [6, 6.07) is 0. The largest absolute Gasteiger partial charge is 0.481 e. The molecule has 1 amide bonds. The van der Waals surface area contributed by atoms with Crippen LogP contribution in [-0.2, 0) is 4.79 Å². The van der Waals surface area contributed by atoms with Crippen molar-refractivity contribution in [2.24, 2.45) is 5.92 Å². The Hall–Kier alpha value is -1.92. The summed E-state index contributed by atoms with van der Waals surface area (Å²) in [4.78, 5) is 27.6. The summed E-state index contributed by atoms with van der Waals surface area (Å²) in [7, 11) is 0. The molecule has 2 N–H and O–H groups in total. The van der Waals surface area contributed by atoms with Crippen molar-refractivity contribution in [2.45, 2.75) is 13.8 Å². The molecule has 0 bridgehead atoms. The third-order valence-corrected chi connectivity index (χ3v) is 2.20. The van der Waals surface area contributed by atoms with Crippen LogP contribution in [0.3, 0.4) is 0 Å². The van der Waals surface area contributed by atoms with Crippen molar-refractivity contribution in [3.8, 4) is 0 Å². The quantitative estimate of drug-likeness (QED) is 0.735. The predicted octanol–water partition coefficient (Wildman–Crippen LogP) is -0.0125. The zero-order valence-corrected chi connectivity index (χ0v) is 9.17. The van der Waals surface area contributed by atoms with E-state index < -0.39 is 11.9 Å². The molecule has 0 radical (unpaired) electrons. The molecule has 16 heavy (non-hydrogen) atoms. The highest BCUT2D eigenvalue weighted by molar-refractivity contribution is 5.90. The summed E-state index contributed by atoms with van der Waals surface area (Å²) in [5, 5.41) is 14.8. The minimum Gasteiger partial charge on any atom is -0.481 e. The van der Waals surface area contributed by atoms with Crippen LogP contribution in [0.1, 0.15) is 24.5 Å². The summed E-state index contributed by atoms with van der Waals surface area (Å²) >= 11 is 0. The van der Waals surface area contributed by atoms with Gasteiger partial charge in [0.25, 0.3) is 5.91 Å². The molecule has 0 saturated heterocycles. The van der Waals surface area contributed by atoms with Gasteiger partial charge in [0.05, 0.1) is 5.92 Å². The molecule has 0 aromatic carbocycles. The molecule has 7 heteroatoms. The van der Waals surface area contributed by atoms with E-state index in [-0.39, 0.29) is 18.3 Å². The first kappa shape index (κ1) is 12.2. The van der Waals surface area contributed by atoms with Crippen molar-refractivity contribution in [3.63, 3.8) is 0 Å². The van der Waals surface area contributed by atoms with Gasteiger partial charge in [-0.05, 0) is 6.92 Å². The topological polar surface area (TPSA) is 99.2 Å². The van der Waals surface area contributed by atoms with E-state index in [1.807, 2.05) is 0 Å². The van der Waals surface area contributed by atoms with E-state index in [9.17, 15) is 9.59 Å². The second-order valence-corrected chi connectivity index (χ2v) is 3.42. The zero-order valence-electron chi connectivity index (χ0n) is 9.17. The van der Waals surface area contributed by atoms with E-state index in [2.05, 4.69) is 15.2 Å². The maximum Gasteiger partial charge on any atom is 0.308 e. The van der Waals surface area contributed by atoms with Gasteiger partial charge in [0.15, 0.2) is 0 Å². The van der Waals surface area contributed by atoms with Crippen molar-refractivity contribution in [1.29, 1.82) is 0 Å². The smallest absolute Gasteiger partial charge is 0.308 e. The molecular weight excluding hydrogens is 212 g/mol. The fourth-order valence-corrected chi connectivity index (χ4v) is 1.22. The summed E-state index contributed by atoms with van der Waals surface area (Å²) in [5.41, 5.74) is 0. The number of carboxylic acid groups (broad SMARTS) is 1. The van der Waals surface area contributed by atoms with E-state index >= 15 is 0 Å². The number of aromatic amines is 1. The number of carbonyl (C=O) groups excluding carboxylic acids is 1. The van der Waals surface area contributed by atoms with Crippen LogP contribution in [0.2, 0.25) is 0 Å². The molecule has 88 valence electrons. The Labute approximate surface area is 92.5 Å². The van der Waals surface area contributed by atoms with Crippen LogP contribution in [0, 0.1) is 5.92 Å². The number of hydrogen-bond donors (Lipinski definition) is 2. The Kier molecular flexibility index (Phi) is 3.98. The number of nitrogens with zero attached hydrogens (tertiary/aromatic N) is 3. The van der Waals surface area contributed by atoms with Gasteiger partial charge < -0.3 is 10.0 Å². The van der Waals surface area contributed by atoms with Gasteiger partial charge in [0, 0.05) is 13.1 Å². The number of carbonyl (C=O) groups is 2. The highest BCUT2D eigenvalue weighted by atomic mass is 16.4. The Bertz CT molecular complexity index is 363. The van der Waals surface area contributed by atoms with Crippen molar-refractivity contribution >= 4 is 11.9 Å². The second-order valence-electron chi connectivity index (χ2n) is 3.42. The van der Waals surface area contributed by atoms with Gasteiger partial charge in [-0.25, -0.2) is 4.98 Å². The van der Waals surface area contributed by atoms with Crippen molar-refractivity contribution in [3.05, 3.63) is 12.2 Å². The van der Waals surface area contributed by atoms with Gasteiger partial charge in [0.1, 0.15) is 6.33 Å². The van der Waals surface area contributed by atoms with Crippen LogP contribution in [0.5, 0.6) is 0 Å². The van der Waals surface area contributed by atoms with E-state index in [0.29, 0.717) is 6.54 Å². The van der Waals surface area contributed by atoms with Gasteiger partial charge in [-0.15, -0.1) is 0 Å². The Balaban J connectivity index is 2.68. The number of nitrogens with one attached hydrogen (secondary N) is 1. The number of hydrogen-bond acceptors (Lipinski definition) is 4. The maximum absolute atomic E-state index is 11.8. The highest BCUT2D eigenvalue weighted by Gasteiger charge is 2.21. The number of rotatable bonds is 5. The van der Waals surface area contributed by atoms with Crippen LogP contribution in [0.4, 0.5) is 0 Å². The molecule has 1 rings (SSSR count). The Morgan fingerprint density at radius 2 is 2.31 bits per heavy atom. The van der Waals surface area contributed by atoms with Crippen molar-refractivity contribution in [1.82, 2.24) is 20.1 Å². The maximum atomic E-state index is 11.8. The highest BCUT2D eigenvalue weighted by Crippen LogP contribution is 2.04. The lowest BCUT2D eigenvalue weighted by Gasteiger charge is -2.21. The van der Waals surface area contributed by atoms with Crippen molar-refractivity contribution in [2.75, 3.05) is 13.1 Å². The monoisotopic (exact) mass is 226 g/mol. The number of H-pyrrole nitrogens is 1. The third kappa shape index (κ3) is 2.78. The van der Waals surface area contributed by atoms with Crippen LogP contribution < -0.4 is 0 Å². The van der Waals surface area contributed by atoms with Gasteiger partial charge in [0.2, 0.25) is 5.82 Å². The molecule has 1 atom stereocenters. The molecule has 0 spiro atoms. The molecule has 0 aliphatic heterocycles. The summed E-state index contributed by atoms with van der Waals surface area (Å²) in [5.74, 6) is -1.75. The molecule has 0 fully saturated rings. The van der Waals surface area contributed by atoms with E-state index in [4.69, 9.17) is 5.11 Å². The fraction of sp³-hybridized carbons (Fsp3) is 0.556. The minimum absolute atomic E-state index is 0.124. The Morgan fingerprint density at radius 1 is 1.62 bits per heavy atom. The lowest BCUT2D eigenvalue weighted by molar-refractivity contribution is -0.141. The molecule has 1 aromatic heterocycles. The summed E-state index contributed by atoms with van der Waals surface area (Å²) in [6.45, 7) is 3.92. The SMILES string of the molecule is CCN(CC(C)C(=O)O)C(=O)c1ncn[nH]1. The van der Waals surface area contributed by atoms with E-state index in [0.717, 1.165) is 0 Å². The lowest BCUT2D eigenvalue weighted by Crippen LogP contribution is -2.37. The van der Waals surface area contributed by atoms with E-state index in [1.54, 1.807) is 13.8 Å². The minimum atomic E-state index is -0.927. The fourth-order valence-electron chi connectivity index (χ4n) is 1.22. The van der Waals surface area contributed by atoms with Crippen molar-refractivity contribution < 1.29 is 14.7 Å². The number of amides is 1. The van der Waals surface area contributed by atoms with Crippen LogP contribution >= 0.6 is 0 Å². The third-order valence-electron chi connectivity index (χ3n) is 2.20. The number of aliphatic carboxylic acids is 1. The van der Waals surface area contributed by atoms with Gasteiger partial charge in [-0.3, -0.25) is 14.7 Å². The molecule has 0 saturated carbocycles. The normalized spacial score (nSPS) is 12.1. The number of carboxylic acids is 1. The first-order valence-electron chi connectivity index (χ1n) is 4.93. The Morgan fingerprint density at radius 3 is 2.75 bits per heavy atom. The molecule has 1 heterocycles. The molecule has 1 aromatic rings.